The molecule has 0 radical (unpaired) electrons. The summed E-state index contributed by atoms with van der Waals surface area (Å²) in [5.74, 6) is 0. The fourth-order valence-corrected chi connectivity index (χ4v) is 3.03. The molecule has 16 heavy (non-hydrogen) atoms. The molecule has 2 aromatic rings. The van der Waals surface area contributed by atoms with Crippen LogP contribution in [0.2, 0.25) is 0 Å². The highest BCUT2D eigenvalue weighted by atomic mass is 32.1. The first kappa shape index (κ1) is 10.1. The van der Waals surface area contributed by atoms with Gasteiger partial charge in [0.1, 0.15) is 0 Å². The first-order chi connectivity index (χ1) is 7.92. The van der Waals surface area contributed by atoms with Crippen molar-refractivity contribution in [2.75, 3.05) is 18.4 Å². The summed E-state index contributed by atoms with van der Waals surface area (Å²) >= 11 is 1.74. The van der Waals surface area contributed by atoms with Gasteiger partial charge in [-0.1, -0.05) is 23.5 Å². The molecule has 0 bridgehead atoms. The summed E-state index contributed by atoms with van der Waals surface area (Å²) in [7, 11) is 0. The zero-order valence-corrected chi connectivity index (χ0v) is 9.89. The van der Waals surface area contributed by atoms with E-state index in [1.807, 2.05) is 6.07 Å². The number of hydrogen-bond acceptors (Lipinski definition) is 4. The van der Waals surface area contributed by atoms with E-state index in [0.717, 1.165) is 23.7 Å². The fourth-order valence-electron chi connectivity index (χ4n) is 2.08. The third-order valence-electron chi connectivity index (χ3n) is 2.92. The predicted octanol–water partition coefficient (Wildman–Crippen LogP) is 2.46. The van der Waals surface area contributed by atoms with Gasteiger partial charge in [-0.25, -0.2) is 4.98 Å². The number of benzene rings is 1. The minimum absolute atomic E-state index is 0.536. The van der Waals surface area contributed by atoms with Gasteiger partial charge in [0.2, 0.25) is 0 Å². The zero-order chi connectivity index (χ0) is 10.8. The third-order valence-corrected chi connectivity index (χ3v) is 3.89. The molecule has 0 aliphatic carbocycles. The van der Waals surface area contributed by atoms with Crippen LogP contribution in [0, 0.1) is 0 Å². The highest BCUT2D eigenvalue weighted by molar-refractivity contribution is 7.22. The Kier molecular flexibility index (Phi) is 2.76. The van der Waals surface area contributed by atoms with Gasteiger partial charge in [0.05, 0.1) is 10.2 Å². The van der Waals surface area contributed by atoms with Crippen LogP contribution >= 0.6 is 11.3 Å². The van der Waals surface area contributed by atoms with Gasteiger partial charge >= 0.3 is 0 Å². The van der Waals surface area contributed by atoms with E-state index in [0.29, 0.717) is 6.04 Å². The second kappa shape index (κ2) is 4.39. The van der Waals surface area contributed by atoms with Crippen LogP contribution in [0.25, 0.3) is 10.2 Å². The number of fused-ring (bicyclic) bond motifs is 1. The van der Waals surface area contributed by atoms with Gasteiger partial charge in [-0.15, -0.1) is 0 Å². The minimum atomic E-state index is 0.536. The van der Waals surface area contributed by atoms with Crippen LogP contribution in [0.4, 0.5) is 5.13 Å². The smallest absolute Gasteiger partial charge is 0.184 e. The molecule has 1 aliphatic rings. The quantitative estimate of drug-likeness (QED) is 0.836. The maximum Gasteiger partial charge on any atom is 0.184 e. The van der Waals surface area contributed by atoms with Crippen molar-refractivity contribution in [3.63, 3.8) is 0 Å². The van der Waals surface area contributed by atoms with Crippen LogP contribution in [0.5, 0.6) is 0 Å². The highest BCUT2D eigenvalue weighted by Gasteiger charge is 2.14. The average Bonchev–Trinajstić information content (AvgIpc) is 2.72. The van der Waals surface area contributed by atoms with E-state index in [9.17, 15) is 0 Å². The Balaban J connectivity index is 1.78. The van der Waals surface area contributed by atoms with Crippen molar-refractivity contribution in [1.29, 1.82) is 0 Å². The van der Waals surface area contributed by atoms with E-state index >= 15 is 0 Å². The predicted molar refractivity (Wildman–Crippen MR) is 69.1 cm³/mol. The van der Waals surface area contributed by atoms with Crippen molar-refractivity contribution in [2.45, 2.75) is 18.9 Å². The Labute approximate surface area is 98.9 Å². The molecule has 1 aromatic carbocycles. The fraction of sp³-hybridized carbons (Fsp3) is 0.417. The number of para-hydroxylation sites is 1. The molecule has 1 fully saturated rings. The van der Waals surface area contributed by atoms with Crippen molar-refractivity contribution in [3.05, 3.63) is 24.3 Å². The second-order valence-corrected chi connectivity index (χ2v) is 5.21. The van der Waals surface area contributed by atoms with Gasteiger partial charge in [-0.2, -0.15) is 0 Å². The lowest BCUT2D eigenvalue weighted by molar-refractivity contribution is 0.480. The summed E-state index contributed by atoms with van der Waals surface area (Å²) in [5.41, 5.74) is 1.10. The van der Waals surface area contributed by atoms with E-state index in [-0.39, 0.29) is 0 Å². The average molecular weight is 233 g/mol. The van der Waals surface area contributed by atoms with Gasteiger partial charge in [-0.3, -0.25) is 0 Å². The van der Waals surface area contributed by atoms with E-state index in [1.54, 1.807) is 11.3 Å². The molecular weight excluding hydrogens is 218 g/mol. The first-order valence-electron chi connectivity index (χ1n) is 5.75. The van der Waals surface area contributed by atoms with E-state index in [2.05, 4.69) is 33.8 Å². The second-order valence-electron chi connectivity index (χ2n) is 4.17. The Bertz CT molecular complexity index is 441. The largest absolute Gasteiger partial charge is 0.357 e. The van der Waals surface area contributed by atoms with Crippen LogP contribution in [0.15, 0.2) is 24.3 Å². The summed E-state index contributed by atoms with van der Waals surface area (Å²) in [6.45, 7) is 2.20. The zero-order valence-electron chi connectivity index (χ0n) is 9.07. The number of nitrogens with one attached hydrogen (secondary N) is 2. The van der Waals surface area contributed by atoms with Crippen molar-refractivity contribution in [1.82, 2.24) is 10.3 Å². The van der Waals surface area contributed by atoms with Crippen molar-refractivity contribution in [3.8, 4) is 0 Å². The lowest BCUT2D eigenvalue weighted by Gasteiger charge is -2.23. The van der Waals surface area contributed by atoms with Crippen molar-refractivity contribution in [2.24, 2.45) is 0 Å². The molecule has 3 rings (SSSR count). The topological polar surface area (TPSA) is 37.0 Å². The van der Waals surface area contributed by atoms with Crippen molar-refractivity contribution < 1.29 is 0 Å². The Morgan fingerprint density at radius 3 is 3.12 bits per heavy atom. The Hall–Kier alpha value is -1.13. The molecule has 0 saturated carbocycles. The number of thiazole rings is 1. The molecule has 3 nitrogen and oxygen atoms in total. The van der Waals surface area contributed by atoms with Gasteiger partial charge < -0.3 is 10.6 Å². The SMILES string of the molecule is c1ccc2sc(NC3CCCNC3)nc2c1. The Morgan fingerprint density at radius 2 is 2.31 bits per heavy atom. The molecule has 4 heteroatoms. The maximum atomic E-state index is 4.59. The summed E-state index contributed by atoms with van der Waals surface area (Å²) in [6.07, 6.45) is 2.49. The highest BCUT2D eigenvalue weighted by Crippen LogP contribution is 2.26. The lowest BCUT2D eigenvalue weighted by Crippen LogP contribution is -2.38. The van der Waals surface area contributed by atoms with Gasteiger partial charge in [-0.05, 0) is 31.5 Å². The summed E-state index contributed by atoms with van der Waals surface area (Å²) in [5, 5.41) is 7.97. The van der Waals surface area contributed by atoms with E-state index in [1.165, 1.54) is 17.5 Å². The number of nitrogens with zero attached hydrogens (tertiary/aromatic N) is 1. The van der Waals surface area contributed by atoms with Crippen molar-refractivity contribution >= 4 is 26.7 Å². The molecule has 1 atom stereocenters. The molecule has 2 heterocycles. The maximum absolute atomic E-state index is 4.59. The monoisotopic (exact) mass is 233 g/mol. The number of rotatable bonds is 2. The van der Waals surface area contributed by atoms with Gasteiger partial charge in [0.25, 0.3) is 0 Å². The molecular formula is C12H15N3S. The molecule has 1 saturated heterocycles. The van der Waals surface area contributed by atoms with Gasteiger partial charge in [0.15, 0.2) is 5.13 Å². The number of anilines is 1. The van der Waals surface area contributed by atoms with E-state index < -0.39 is 0 Å². The number of piperidine rings is 1. The molecule has 2 N–H and O–H groups in total. The minimum Gasteiger partial charge on any atom is -0.357 e. The van der Waals surface area contributed by atoms with Crippen LogP contribution in [0.1, 0.15) is 12.8 Å². The molecule has 1 unspecified atom stereocenters. The molecule has 0 spiro atoms. The summed E-state index contributed by atoms with van der Waals surface area (Å²) in [4.78, 5) is 4.59. The van der Waals surface area contributed by atoms with Gasteiger partial charge in [0, 0.05) is 12.6 Å². The molecule has 84 valence electrons. The lowest BCUT2D eigenvalue weighted by atomic mass is 10.1. The van der Waals surface area contributed by atoms with Crippen LogP contribution in [-0.4, -0.2) is 24.1 Å². The standard InChI is InChI=1S/C12H15N3S/c1-2-6-11-10(5-1)15-12(16-11)14-9-4-3-7-13-8-9/h1-2,5-6,9,13H,3-4,7-8H2,(H,14,15). The first-order valence-corrected chi connectivity index (χ1v) is 6.56. The molecule has 1 aromatic heterocycles. The normalized spacial score (nSPS) is 21.1. The molecule has 1 aliphatic heterocycles. The van der Waals surface area contributed by atoms with Crippen LogP contribution in [-0.2, 0) is 0 Å². The summed E-state index contributed by atoms with van der Waals surface area (Å²) < 4.78 is 1.26. The number of aromatic nitrogens is 1. The molecule has 0 amide bonds. The Morgan fingerprint density at radius 1 is 1.38 bits per heavy atom. The van der Waals surface area contributed by atoms with Crippen LogP contribution < -0.4 is 10.6 Å². The summed E-state index contributed by atoms with van der Waals surface area (Å²) in [6, 6.07) is 8.82. The van der Waals surface area contributed by atoms with E-state index in [4.69, 9.17) is 0 Å². The third kappa shape index (κ3) is 2.03. The number of hydrogen-bond donors (Lipinski definition) is 2. The van der Waals surface area contributed by atoms with Crippen LogP contribution in [0.3, 0.4) is 0 Å².